The van der Waals surface area contributed by atoms with E-state index in [-0.39, 0.29) is 17.7 Å². The quantitative estimate of drug-likeness (QED) is 0.641. The molecule has 0 spiro atoms. The van der Waals surface area contributed by atoms with Gasteiger partial charge in [0.15, 0.2) is 0 Å². The molecule has 2 amide bonds. The normalized spacial score (nSPS) is 24.2. The highest BCUT2D eigenvalue weighted by atomic mass is 19.4. The predicted octanol–water partition coefficient (Wildman–Crippen LogP) is 2.66. The number of nitrogens with zero attached hydrogens (tertiary/aromatic N) is 4. The molecule has 0 saturated carbocycles. The van der Waals surface area contributed by atoms with E-state index in [1.807, 2.05) is 28.0 Å². The molecule has 0 aromatic carbocycles. The van der Waals surface area contributed by atoms with E-state index in [0.717, 1.165) is 31.7 Å². The third-order valence-electron chi connectivity index (χ3n) is 7.06. The van der Waals surface area contributed by atoms with E-state index in [2.05, 4.69) is 23.7 Å². The average molecular weight is 529 g/mol. The van der Waals surface area contributed by atoms with E-state index in [1.165, 1.54) is 0 Å². The van der Waals surface area contributed by atoms with Crippen molar-refractivity contribution in [2.75, 3.05) is 57.4 Å². The van der Waals surface area contributed by atoms with E-state index in [0.29, 0.717) is 51.7 Å². The number of carbonyl (C=O) groups excluding carboxylic acids is 2. The highest BCUT2D eigenvalue weighted by Crippen LogP contribution is 2.45. The Bertz CT molecular complexity index is 940. The van der Waals surface area contributed by atoms with Gasteiger partial charge in [-0.25, -0.2) is 9.78 Å². The number of likely N-dealkylation sites (tertiary alicyclic amines) is 1. The number of halogens is 3. The lowest BCUT2D eigenvalue weighted by Gasteiger charge is -2.38. The molecule has 206 valence electrons. The Hall–Kier alpha value is -2.89. The first-order valence-corrected chi connectivity index (χ1v) is 12.5. The molecule has 3 aliphatic heterocycles. The predicted molar refractivity (Wildman–Crippen MR) is 129 cm³/mol. The zero-order valence-electron chi connectivity index (χ0n) is 21.2. The zero-order valence-corrected chi connectivity index (χ0v) is 21.2. The largest absolute Gasteiger partial charge is 0.490 e. The fourth-order valence-corrected chi connectivity index (χ4v) is 5.28. The van der Waals surface area contributed by atoms with Crippen molar-refractivity contribution in [2.45, 2.75) is 39.3 Å². The Morgan fingerprint density at radius 3 is 2.38 bits per heavy atom. The summed E-state index contributed by atoms with van der Waals surface area (Å²) >= 11 is 0. The topological polar surface area (TPSA) is 103 Å². The Labute approximate surface area is 214 Å². The maximum Gasteiger partial charge on any atom is 0.490 e. The molecule has 4 heterocycles. The third kappa shape index (κ3) is 7.12. The molecule has 3 aliphatic rings. The number of carbonyl (C=O) groups is 3. The fourth-order valence-electron chi connectivity index (χ4n) is 5.28. The number of hydrogen-bond acceptors (Lipinski definition) is 6. The molecule has 0 bridgehead atoms. The minimum Gasteiger partial charge on any atom is -0.475 e. The van der Waals surface area contributed by atoms with E-state index in [9.17, 15) is 22.8 Å². The van der Waals surface area contributed by atoms with Crippen molar-refractivity contribution in [3.63, 3.8) is 0 Å². The summed E-state index contributed by atoms with van der Waals surface area (Å²) in [6.45, 7) is 9.55. The number of morpholine rings is 1. The summed E-state index contributed by atoms with van der Waals surface area (Å²) in [4.78, 5) is 46.4. The summed E-state index contributed by atoms with van der Waals surface area (Å²) < 4.78 is 37.2. The number of rotatable bonds is 4. The Balaban J connectivity index is 0.000000479. The van der Waals surface area contributed by atoms with Crippen LogP contribution in [0.15, 0.2) is 24.4 Å². The van der Waals surface area contributed by atoms with Gasteiger partial charge in [0, 0.05) is 57.8 Å². The molecule has 0 radical (unpaired) electrons. The summed E-state index contributed by atoms with van der Waals surface area (Å²) in [6, 6.07) is 5.92. The second-order valence-corrected chi connectivity index (χ2v) is 10.2. The number of aromatic nitrogens is 1. The van der Waals surface area contributed by atoms with Gasteiger partial charge < -0.3 is 24.5 Å². The second kappa shape index (κ2) is 12.1. The van der Waals surface area contributed by atoms with Crippen LogP contribution in [0, 0.1) is 17.3 Å². The van der Waals surface area contributed by atoms with E-state index in [1.54, 1.807) is 6.20 Å². The summed E-state index contributed by atoms with van der Waals surface area (Å²) in [6.07, 6.45) is -1.02. The maximum absolute atomic E-state index is 13.9. The molecule has 37 heavy (non-hydrogen) atoms. The number of ether oxygens (including phenoxy) is 1. The molecule has 1 aromatic heterocycles. The number of fused-ring (bicyclic) bond motifs is 1. The van der Waals surface area contributed by atoms with Crippen molar-refractivity contribution in [2.24, 2.45) is 17.3 Å². The maximum atomic E-state index is 13.9. The summed E-state index contributed by atoms with van der Waals surface area (Å²) in [5.74, 6) is -0.918. The van der Waals surface area contributed by atoms with Crippen molar-refractivity contribution in [1.82, 2.24) is 14.8 Å². The lowest BCUT2D eigenvalue weighted by molar-refractivity contribution is -0.192. The van der Waals surface area contributed by atoms with Gasteiger partial charge in [0.05, 0.1) is 18.6 Å². The lowest BCUT2D eigenvalue weighted by Crippen LogP contribution is -2.53. The lowest BCUT2D eigenvalue weighted by atomic mass is 9.73. The SMILES string of the molecule is CC(C)CC(=O)N1CCC[C@]2(C(=O)N3CCOCC3)CN(c3ccccn3)C[C@@H]2C1.O=C(O)C(F)(F)F. The van der Waals surface area contributed by atoms with Gasteiger partial charge in [0.25, 0.3) is 0 Å². The van der Waals surface area contributed by atoms with Gasteiger partial charge in [0.1, 0.15) is 5.82 Å². The first kappa shape index (κ1) is 28.7. The molecule has 12 heteroatoms. The van der Waals surface area contributed by atoms with Crippen molar-refractivity contribution in [3.8, 4) is 0 Å². The highest BCUT2D eigenvalue weighted by Gasteiger charge is 2.55. The number of alkyl halides is 3. The molecule has 1 aromatic rings. The first-order chi connectivity index (χ1) is 17.4. The molecule has 0 aliphatic carbocycles. The minimum absolute atomic E-state index is 0.119. The van der Waals surface area contributed by atoms with Gasteiger partial charge in [-0.05, 0) is 30.9 Å². The summed E-state index contributed by atoms with van der Waals surface area (Å²) in [5.41, 5.74) is -0.457. The molecular weight excluding hydrogens is 493 g/mol. The van der Waals surface area contributed by atoms with Crippen LogP contribution in [0.3, 0.4) is 0 Å². The average Bonchev–Trinajstić information content (AvgIpc) is 3.12. The van der Waals surface area contributed by atoms with Gasteiger partial charge in [-0.2, -0.15) is 13.2 Å². The molecule has 9 nitrogen and oxygen atoms in total. The van der Waals surface area contributed by atoms with Crippen LogP contribution in [0.4, 0.5) is 19.0 Å². The standard InChI is InChI=1S/C23H34N4O3.C2HF3O2/c1-18(2)14-21(28)26-9-5-7-23(22(29)25-10-12-30-13-11-25)17-27(16-19(23)15-26)20-6-3-4-8-24-20;3-2(4,5)1(6)7/h3-4,6,8,18-19H,5,7,9-17H2,1-2H3;(H,6,7)/t19-,23-;/m0./s1. The van der Waals surface area contributed by atoms with E-state index in [4.69, 9.17) is 14.6 Å². The number of carboxylic acids is 1. The summed E-state index contributed by atoms with van der Waals surface area (Å²) in [7, 11) is 0. The van der Waals surface area contributed by atoms with Crippen LogP contribution in [-0.4, -0.2) is 96.3 Å². The van der Waals surface area contributed by atoms with Gasteiger partial charge in [-0.3, -0.25) is 9.59 Å². The van der Waals surface area contributed by atoms with Crippen molar-refractivity contribution in [1.29, 1.82) is 0 Å². The van der Waals surface area contributed by atoms with Crippen LogP contribution in [0.1, 0.15) is 33.1 Å². The third-order valence-corrected chi connectivity index (χ3v) is 7.06. The number of aliphatic carboxylic acids is 1. The minimum atomic E-state index is -5.08. The van der Waals surface area contributed by atoms with Crippen molar-refractivity contribution < 1.29 is 37.4 Å². The Morgan fingerprint density at radius 2 is 1.81 bits per heavy atom. The van der Waals surface area contributed by atoms with Gasteiger partial charge >= 0.3 is 12.1 Å². The molecule has 4 rings (SSSR count). The van der Waals surface area contributed by atoms with Crippen LogP contribution in [0.25, 0.3) is 0 Å². The smallest absolute Gasteiger partial charge is 0.475 e. The molecule has 0 unspecified atom stereocenters. The van der Waals surface area contributed by atoms with Crippen LogP contribution < -0.4 is 4.90 Å². The fraction of sp³-hybridized carbons (Fsp3) is 0.680. The Morgan fingerprint density at radius 1 is 1.14 bits per heavy atom. The molecule has 2 atom stereocenters. The zero-order chi connectivity index (χ0) is 27.2. The van der Waals surface area contributed by atoms with E-state index >= 15 is 0 Å². The molecule has 1 N–H and O–H groups in total. The van der Waals surface area contributed by atoms with Gasteiger partial charge in [-0.15, -0.1) is 0 Å². The molecular formula is C25H35F3N4O5. The van der Waals surface area contributed by atoms with Crippen LogP contribution >= 0.6 is 0 Å². The number of hydrogen-bond donors (Lipinski definition) is 1. The molecule has 3 saturated heterocycles. The number of pyridine rings is 1. The van der Waals surface area contributed by atoms with Gasteiger partial charge in [-0.1, -0.05) is 19.9 Å². The monoisotopic (exact) mass is 528 g/mol. The summed E-state index contributed by atoms with van der Waals surface area (Å²) in [5, 5.41) is 7.12. The second-order valence-electron chi connectivity index (χ2n) is 10.2. The highest BCUT2D eigenvalue weighted by molar-refractivity contribution is 5.85. The van der Waals surface area contributed by atoms with Crippen molar-refractivity contribution in [3.05, 3.63) is 24.4 Å². The van der Waals surface area contributed by atoms with Crippen LogP contribution in [0.2, 0.25) is 0 Å². The number of carboxylic acid groups (broad SMARTS) is 1. The van der Waals surface area contributed by atoms with Gasteiger partial charge in [0.2, 0.25) is 11.8 Å². The number of anilines is 1. The van der Waals surface area contributed by atoms with Crippen molar-refractivity contribution >= 4 is 23.6 Å². The van der Waals surface area contributed by atoms with Crippen LogP contribution in [-0.2, 0) is 19.1 Å². The number of amides is 2. The first-order valence-electron chi connectivity index (χ1n) is 12.5. The Kier molecular flexibility index (Phi) is 9.38. The van der Waals surface area contributed by atoms with E-state index < -0.39 is 17.6 Å². The molecule has 3 fully saturated rings. The van der Waals surface area contributed by atoms with Crippen LogP contribution in [0.5, 0.6) is 0 Å².